The number of rotatable bonds is 8. The second-order valence-corrected chi connectivity index (χ2v) is 8.76. The number of aromatic nitrogens is 5. The number of alkyl halides is 2. The molecule has 0 aliphatic rings. The van der Waals surface area contributed by atoms with Crippen molar-refractivity contribution < 1.29 is 18.3 Å². The van der Waals surface area contributed by atoms with E-state index in [1.165, 1.54) is 16.9 Å². The Morgan fingerprint density at radius 1 is 1.19 bits per heavy atom. The number of anilines is 2. The molecule has 0 bridgehead atoms. The van der Waals surface area contributed by atoms with E-state index in [0.29, 0.717) is 39.6 Å². The number of hydrogen-bond donors (Lipinski definition) is 1. The molecule has 0 spiro atoms. The Morgan fingerprint density at radius 3 is 2.64 bits per heavy atom. The lowest BCUT2D eigenvalue weighted by Crippen LogP contribution is -2.22. The van der Waals surface area contributed by atoms with Crippen LogP contribution in [0.3, 0.4) is 0 Å². The van der Waals surface area contributed by atoms with Crippen LogP contribution in [-0.4, -0.2) is 37.6 Å². The molecule has 1 N–H and O–H groups in total. The summed E-state index contributed by atoms with van der Waals surface area (Å²) in [6.45, 7) is 2.19. The average molecular weight is 495 g/mol. The normalized spacial score (nSPS) is 11.5. The SMILES string of the molecule is Cc1cc(Nc2cc3cc(-c4cc(OC(F)F)ncc4OCC(C)(C)C#N)ccn3n2)nn(C)c1=O. The topological polar surface area (TPSA) is 119 Å². The number of nitrogens with one attached hydrogen (secondary N) is 1. The molecule has 4 aromatic rings. The van der Waals surface area contributed by atoms with E-state index in [2.05, 4.69) is 31.3 Å². The first kappa shape index (κ1) is 24.6. The van der Waals surface area contributed by atoms with Crippen LogP contribution in [0.25, 0.3) is 16.6 Å². The van der Waals surface area contributed by atoms with Crippen LogP contribution in [0.2, 0.25) is 0 Å². The fraction of sp³-hybridized carbons (Fsp3) is 0.292. The number of pyridine rings is 2. The highest BCUT2D eigenvalue weighted by atomic mass is 19.3. The van der Waals surface area contributed by atoms with Crippen molar-refractivity contribution >= 4 is 17.2 Å². The summed E-state index contributed by atoms with van der Waals surface area (Å²) in [5.41, 5.74) is 1.36. The van der Waals surface area contributed by atoms with Gasteiger partial charge in [0.25, 0.3) is 5.56 Å². The molecule has 4 aromatic heterocycles. The molecule has 0 aliphatic carbocycles. The van der Waals surface area contributed by atoms with Crippen LogP contribution < -0.4 is 20.3 Å². The summed E-state index contributed by atoms with van der Waals surface area (Å²) < 4.78 is 38.8. The van der Waals surface area contributed by atoms with Gasteiger partial charge in [-0.3, -0.25) is 4.79 Å². The molecule has 0 amide bonds. The molecule has 0 fully saturated rings. The van der Waals surface area contributed by atoms with E-state index in [-0.39, 0.29) is 18.0 Å². The molecular formula is C24H23F2N7O3. The summed E-state index contributed by atoms with van der Waals surface area (Å²) in [6, 6.07) is 10.4. The molecule has 0 aromatic carbocycles. The van der Waals surface area contributed by atoms with Crippen molar-refractivity contribution in [2.45, 2.75) is 27.4 Å². The first-order valence-corrected chi connectivity index (χ1v) is 10.9. The van der Waals surface area contributed by atoms with Crippen LogP contribution >= 0.6 is 0 Å². The standard InChI is InChI=1S/C24H23F2N7O3/c1-14-7-19(30-32(4)22(14)34)29-20-9-16-8-15(5-6-33(16)31-20)17-10-21(36-23(25)26)28-11-18(17)35-13-24(2,3)12-27/h5-11,23H,13H2,1-4H3,(H,29,30,31). The summed E-state index contributed by atoms with van der Waals surface area (Å²) >= 11 is 0. The Kier molecular flexibility index (Phi) is 6.57. The number of fused-ring (bicyclic) bond motifs is 1. The fourth-order valence-corrected chi connectivity index (χ4v) is 3.38. The van der Waals surface area contributed by atoms with Gasteiger partial charge < -0.3 is 14.8 Å². The Bertz CT molecular complexity index is 1500. The van der Waals surface area contributed by atoms with Gasteiger partial charge in [-0.2, -0.15) is 24.2 Å². The van der Waals surface area contributed by atoms with Crippen LogP contribution in [0.5, 0.6) is 11.6 Å². The molecule has 0 atom stereocenters. The summed E-state index contributed by atoms with van der Waals surface area (Å²) in [4.78, 5) is 15.8. The molecule has 0 aliphatic heterocycles. The van der Waals surface area contributed by atoms with Crippen LogP contribution in [-0.2, 0) is 7.05 Å². The zero-order valence-corrected chi connectivity index (χ0v) is 20.0. The minimum absolute atomic E-state index is 0.0716. The van der Waals surface area contributed by atoms with Gasteiger partial charge in [-0.15, -0.1) is 0 Å². The third kappa shape index (κ3) is 5.41. The Hall–Kier alpha value is -4.53. The number of nitriles is 1. The highest BCUT2D eigenvalue weighted by molar-refractivity contribution is 5.75. The summed E-state index contributed by atoms with van der Waals surface area (Å²) in [7, 11) is 1.56. The van der Waals surface area contributed by atoms with E-state index >= 15 is 0 Å². The van der Waals surface area contributed by atoms with E-state index in [4.69, 9.17) is 4.74 Å². The maximum absolute atomic E-state index is 12.8. The van der Waals surface area contributed by atoms with E-state index in [9.17, 15) is 18.8 Å². The first-order valence-electron chi connectivity index (χ1n) is 10.9. The van der Waals surface area contributed by atoms with Gasteiger partial charge in [-0.1, -0.05) is 0 Å². The molecule has 0 saturated carbocycles. The Labute approximate surface area is 204 Å². The van der Waals surface area contributed by atoms with Gasteiger partial charge in [0.05, 0.1) is 23.2 Å². The van der Waals surface area contributed by atoms with Crippen LogP contribution in [0.4, 0.5) is 20.4 Å². The van der Waals surface area contributed by atoms with Gasteiger partial charge in [0.15, 0.2) is 11.6 Å². The molecule has 36 heavy (non-hydrogen) atoms. The highest BCUT2D eigenvalue weighted by Crippen LogP contribution is 2.34. The van der Waals surface area contributed by atoms with Crippen molar-refractivity contribution in [3.63, 3.8) is 0 Å². The predicted molar refractivity (Wildman–Crippen MR) is 127 cm³/mol. The number of hydrogen-bond acceptors (Lipinski definition) is 8. The number of ether oxygens (including phenoxy) is 2. The zero-order valence-electron chi connectivity index (χ0n) is 20.0. The molecule has 0 unspecified atom stereocenters. The maximum Gasteiger partial charge on any atom is 0.388 e. The predicted octanol–water partition coefficient (Wildman–Crippen LogP) is 4.07. The number of aryl methyl sites for hydroxylation is 2. The Morgan fingerprint density at radius 2 is 1.94 bits per heavy atom. The van der Waals surface area contributed by atoms with E-state index < -0.39 is 12.0 Å². The minimum atomic E-state index is -3.03. The summed E-state index contributed by atoms with van der Waals surface area (Å²) in [5, 5.41) is 21.0. The lowest BCUT2D eigenvalue weighted by atomic mass is 9.97. The largest absolute Gasteiger partial charge is 0.490 e. The van der Waals surface area contributed by atoms with Gasteiger partial charge in [-0.05, 0) is 44.5 Å². The van der Waals surface area contributed by atoms with Crippen molar-refractivity contribution in [1.82, 2.24) is 24.4 Å². The van der Waals surface area contributed by atoms with Gasteiger partial charge >= 0.3 is 6.61 Å². The molecule has 4 heterocycles. The van der Waals surface area contributed by atoms with Crippen molar-refractivity contribution in [3.05, 3.63) is 58.6 Å². The number of halogens is 2. The molecule has 4 rings (SSSR count). The fourth-order valence-electron chi connectivity index (χ4n) is 3.38. The van der Waals surface area contributed by atoms with Gasteiger partial charge in [0.1, 0.15) is 12.4 Å². The maximum atomic E-state index is 12.8. The number of nitrogens with zero attached hydrogens (tertiary/aromatic N) is 6. The van der Waals surface area contributed by atoms with Crippen molar-refractivity contribution in [3.8, 4) is 28.8 Å². The quantitative estimate of drug-likeness (QED) is 0.389. The van der Waals surface area contributed by atoms with E-state index in [1.54, 1.807) is 62.8 Å². The van der Waals surface area contributed by atoms with E-state index in [0.717, 1.165) is 0 Å². The van der Waals surface area contributed by atoms with E-state index in [1.807, 2.05) is 0 Å². The molecule has 0 saturated heterocycles. The second kappa shape index (κ2) is 9.61. The van der Waals surface area contributed by atoms with Gasteiger partial charge in [0, 0.05) is 36.5 Å². The molecule has 10 nitrogen and oxygen atoms in total. The molecule has 12 heteroatoms. The summed E-state index contributed by atoms with van der Waals surface area (Å²) in [5.74, 6) is 0.990. The smallest absolute Gasteiger partial charge is 0.388 e. The third-order valence-electron chi connectivity index (χ3n) is 5.22. The van der Waals surface area contributed by atoms with Crippen molar-refractivity contribution in [2.75, 3.05) is 11.9 Å². The van der Waals surface area contributed by atoms with Crippen LogP contribution in [0, 0.1) is 23.7 Å². The highest BCUT2D eigenvalue weighted by Gasteiger charge is 2.20. The lowest BCUT2D eigenvalue weighted by molar-refractivity contribution is -0.0528. The lowest BCUT2D eigenvalue weighted by Gasteiger charge is -2.18. The molecule has 0 radical (unpaired) electrons. The average Bonchev–Trinajstić information content (AvgIpc) is 3.22. The molecule has 186 valence electrons. The second-order valence-electron chi connectivity index (χ2n) is 8.76. The zero-order chi connectivity index (χ0) is 26.0. The van der Waals surface area contributed by atoms with Crippen molar-refractivity contribution in [1.29, 1.82) is 5.26 Å². The monoisotopic (exact) mass is 495 g/mol. The summed E-state index contributed by atoms with van der Waals surface area (Å²) in [6.07, 6.45) is 2.99. The van der Waals surface area contributed by atoms with Crippen molar-refractivity contribution in [2.24, 2.45) is 12.5 Å². The minimum Gasteiger partial charge on any atom is -0.490 e. The Balaban J connectivity index is 1.69. The third-order valence-corrected chi connectivity index (χ3v) is 5.22. The van der Waals surface area contributed by atoms with Crippen LogP contribution in [0.1, 0.15) is 19.4 Å². The van der Waals surface area contributed by atoms with Gasteiger partial charge in [0.2, 0.25) is 5.88 Å². The van der Waals surface area contributed by atoms with Gasteiger partial charge in [-0.25, -0.2) is 14.2 Å². The molecular weight excluding hydrogens is 472 g/mol. The first-order chi connectivity index (χ1) is 17.0. The van der Waals surface area contributed by atoms with Crippen LogP contribution in [0.15, 0.2) is 47.5 Å².